The lowest BCUT2D eigenvalue weighted by Crippen LogP contribution is -2.37. The van der Waals surface area contributed by atoms with E-state index >= 15 is 0 Å². The predicted molar refractivity (Wildman–Crippen MR) is 155 cm³/mol. The number of carbonyl (C=O) groups is 2. The summed E-state index contributed by atoms with van der Waals surface area (Å²) < 4.78 is 33.1. The zero-order chi connectivity index (χ0) is 29.0. The Balaban J connectivity index is 1.76. The number of para-hydroxylation sites is 2. The maximum Gasteiger partial charge on any atom is 0.417 e. The van der Waals surface area contributed by atoms with E-state index in [9.17, 15) is 9.59 Å². The van der Waals surface area contributed by atoms with Gasteiger partial charge >= 0.3 is 12.1 Å². The molecule has 0 saturated heterocycles. The average Bonchev–Trinajstić information content (AvgIpc) is 3.32. The summed E-state index contributed by atoms with van der Waals surface area (Å²) in [5.41, 5.74) is 1.00. The van der Waals surface area contributed by atoms with Gasteiger partial charge in [0.15, 0.2) is 17.0 Å². The van der Waals surface area contributed by atoms with Crippen molar-refractivity contribution in [3.63, 3.8) is 0 Å². The third-order valence-electron chi connectivity index (χ3n) is 5.70. The van der Waals surface area contributed by atoms with Crippen LogP contribution in [0, 0.1) is 6.92 Å². The first-order chi connectivity index (χ1) is 19.2. The number of methoxy groups -OCH3 is 1. The number of amides is 1. The number of aryl methyl sites for hydroxylation is 1. The maximum absolute atomic E-state index is 13.0. The first-order valence-electron chi connectivity index (χ1n) is 13.1. The largest absolute Gasteiger partial charge is 0.487 e. The van der Waals surface area contributed by atoms with Crippen molar-refractivity contribution in [1.82, 2.24) is 0 Å². The molecule has 10 nitrogen and oxygen atoms in total. The molecule has 1 aliphatic rings. The van der Waals surface area contributed by atoms with Gasteiger partial charge in [-0.05, 0) is 51.5 Å². The predicted octanol–water partition coefficient (Wildman–Crippen LogP) is 4.87. The molecule has 1 aliphatic heterocycles. The van der Waals surface area contributed by atoms with Crippen molar-refractivity contribution in [2.24, 2.45) is 4.99 Å². The highest BCUT2D eigenvalue weighted by Gasteiger charge is 2.41. The molecular weight excluding hydrogens is 536 g/mol. The summed E-state index contributed by atoms with van der Waals surface area (Å²) in [6.45, 7) is 9.64. The van der Waals surface area contributed by atoms with Crippen LogP contribution in [0.25, 0.3) is 0 Å². The van der Waals surface area contributed by atoms with Crippen molar-refractivity contribution >= 4 is 34.6 Å². The second kappa shape index (κ2) is 15.6. The minimum atomic E-state index is -1.05. The fourth-order valence-electron chi connectivity index (χ4n) is 3.60. The van der Waals surface area contributed by atoms with Gasteiger partial charge in [-0.3, -0.25) is 10.3 Å². The number of esters is 1. The van der Waals surface area contributed by atoms with Gasteiger partial charge < -0.3 is 28.4 Å². The molecular formula is C29H38N2O8S. The number of carbonyl (C=O) groups excluding carboxylic acids is 2. The van der Waals surface area contributed by atoms with Gasteiger partial charge in [-0.1, -0.05) is 24.3 Å². The number of hydrogen-bond acceptors (Lipinski definition) is 10. The summed E-state index contributed by atoms with van der Waals surface area (Å²) in [6.07, 6.45) is -0.935. The summed E-state index contributed by atoms with van der Waals surface area (Å²) in [5, 5.41) is 3.33. The molecule has 1 atom stereocenters. The number of hydrogen-bond donors (Lipinski definition) is 1. The quantitative estimate of drug-likeness (QED) is 0.235. The monoisotopic (exact) mass is 574 g/mol. The number of rotatable bonds is 15. The summed E-state index contributed by atoms with van der Waals surface area (Å²) >= 11 is 1.39. The van der Waals surface area contributed by atoms with Gasteiger partial charge in [-0.2, -0.15) is 0 Å². The maximum atomic E-state index is 13.0. The fourth-order valence-corrected chi connectivity index (χ4v) is 4.78. The van der Waals surface area contributed by atoms with Crippen LogP contribution in [0.1, 0.15) is 31.9 Å². The van der Waals surface area contributed by atoms with E-state index in [0.717, 1.165) is 5.56 Å². The van der Waals surface area contributed by atoms with Gasteiger partial charge in [0.2, 0.25) is 0 Å². The number of benzene rings is 2. The van der Waals surface area contributed by atoms with Crippen molar-refractivity contribution in [2.45, 2.75) is 39.3 Å². The van der Waals surface area contributed by atoms with Gasteiger partial charge in [-0.25, -0.2) is 9.59 Å². The zero-order valence-electron chi connectivity index (χ0n) is 23.7. The van der Waals surface area contributed by atoms with Crippen LogP contribution in [-0.2, 0) is 23.7 Å². The highest BCUT2D eigenvalue weighted by Crippen LogP contribution is 2.39. The van der Waals surface area contributed by atoms with Crippen LogP contribution in [0.15, 0.2) is 47.5 Å². The van der Waals surface area contributed by atoms with Crippen molar-refractivity contribution < 1.29 is 38.0 Å². The molecule has 1 heterocycles. The van der Waals surface area contributed by atoms with E-state index in [1.54, 1.807) is 52.1 Å². The molecule has 0 aromatic heterocycles. The average molecular weight is 575 g/mol. The van der Waals surface area contributed by atoms with Crippen LogP contribution in [0.4, 0.5) is 10.5 Å². The normalized spacial score (nSPS) is 16.5. The van der Waals surface area contributed by atoms with E-state index in [1.807, 2.05) is 25.1 Å². The lowest BCUT2D eigenvalue weighted by molar-refractivity contribution is -0.152. The van der Waals surface area contributed by atoms with E-state index in [1.165, 1.54) is 11.8 Å². The minimum absolute atomic E-state index is 0.198. The number of anilines is 1. The lowest BCUT2D eigenvalue weighted by atomic mass is 10.1. The first kappa shape index (κ1) is 31.4. The Bertz CT molecular complexity index is 1170. The molecule has 2 aromatic carbocycles. The number of thioether (sulfide) groups is 1. The standard InChI is InChI=1S/C29H38N2O8S/c1-20(2)38-27(32)29(4)19-40-26(31-29)22-10-8-12-24(37-18-17-36-16-15-35-14-13-34-5)25(22)39-28(33)30-23-11-7-6-9-21(23)3/h6-12,20H,13-19H2,1-5H3,(H,30,33). The van der Waals surface area contributed by atoms with Crippen molar-refractivity contribution in [3.8, 4) is 11.5 Å². The summed E-state index contributed by atoms with van der Waals surface area (Å²) in [5.74, 6) is 0.539. The molecule has 40 heavy (non-hydrogen) atoms. The zero-order valence-corrected chi connectivity index (χ0v) is 24.5. The minimum Gasteiger partial charge on any atom is -0.487 e. The molecule has 2 aromatic rings. The van der Waals surface area contributed by atoms with Crippen molar-refractivity contribution in [1.29, 1.82) is 0 Å². The smallest absolute Gasteiger partial charge is 0.417 e. The molecule has 0 bridgehead atoms. The topological polar surface area (TPSA) is 114 Å². The molecule has 0 saturated carbocycles. The van der Waals surface area contributed by atoms with Gasteiger partial charge in [0.25, 0.3) is 0 Å². The molecule has 1 unspecified atom stereocenters. The van der Waals surface area contributed by atoms with Crippen LogP contribution < -0.4 is 14.8 Å². The lowest BCUT2D eigenvalue weighted by Gasteiger charge is -2.19. The molecule has 0 aliphatic carbocycles. The van der Waals surface area contributed by atoms with Crippen LogP contribution >= 0.6 is 11.8 Å². The third kappa shape index (κ3) is 9.22. The second-order valence-corrected chi connectivity index (χ2v) is 10.4. The SMILES string of the molecule is COCCOCCOCCOc1cccc(C2=NC(C)(C(=O)OC(C)C)CS2)c1OC(=O)Nc1ccccc1C. The van der Waals surface area contributed by atoms with Crippen LogP contribution in [0.2, 0.25) is 0 Å². The molecule has 11 heteroatoms. The van der Waals surface area contributed by atoms with E-state index in [4.69, 9.17) is 33.4 Å². The van der Waals surface area contributed by atoms with E-state index in [-0.39, 0.29) is 18.5 Å². The van der Waals surface area contributed by atoms with E-state index in [0.29, 0.717) is 60.8 Å². The third-order valence-corrected chi connectivity index (χ3v) is 6.99. The van der Waals surface area contributed by atoms with E-state index in [2.05, 4.69) is 5.32 Å². The van der Waals surface area contributed by atoms with Crippen LogP contribution in [0.5, 0.6) is 11.5 Å². The molecule has 0 fully saturated rings. The van der Waals surface area contributed by atoms with Gasteiger partial charge in [0.1, 0.15) is 11.7 Å². The molecule has 218 valence electrons. The molecule has 1 N–H and O–H groups in total. The molecule has 0 spiro atoms. The Morgan fingerprint density at radius 2 is 1.70 bits per heavy atom. The highest BCUT2D eigenvalue weighted by molar-refractivity contribution is 8.14. The Morgan fingerprint density at radius 3 is 2.40 bits per heavy atom. The van der Waals surface area contributed by atoms with Crippen LogP contribution in [0.3, 0.4) is 0 Å². The van der Waals surface area contributed by atoms with Gasteiger partial charge in [0.05, 0.1) is 44.7 Å². The number of nitrogens with one attached hydrogen (secondary N) is 1. The molecule has 1 amide bonds. The highest BCUT2D eigenvalue weighted by atomic mass is 32.2. The molecule has 3 rings (SSSR count). The van der Waals surface area contributed by atoms with Gasteiger partial charge in [-0.15, -0.1) is 11.8 Å². The number of ether oxygens (including phenoxy) is 6. The Hall–Kier alpha value is -3.12. The Morgan fingerprint density at radius 1 is 1.00 bits per heavy atom. The number of aliphatic imine (C=N–C) groups is 1. The Kier molecular flexibility index (Phi) is 12.3. The summed E-state index contributed by atoms with van der Waals surface area (Å²) in [6, 6.07) is 12.7. The summed E-state index contributed by atoms with van der Waals surface area (Å²) in [7, 11) is 1.62. The second-order valence-electron chi connectivity index (χ2n) is 9.46. The number of nitrogens with zero attached hydrogens (tertiary/aromatic N) is 1. The Labute approximate surface area is 239 Å². The fraction of sp³-hybridized carbons (Fsp3) is 0.483. The summed E-state index contributed by atoms with van der Waals surface area (Å²) in [4.78, 5) is 30.4. The van der Waals surface area contributed by atoms with Crippen molar-refractivity contribution in [3.05, 3.63) is 53.6 Å². The van der Waals surface area contributed by atoms with E-state index < -0.39 is 17.6 Å². The first-order valence-corrected chi connectivity index (χ1v) is 14.1. The van der Waals surface area contributed by atoms with Crippen molar-refractivity contribution in [2.75, 3.05) is 57.8 Å². The van der Waals surface area contributed by atoms with Gasteiger partial charge in [0, 0.05) is 18.6 Å². The van der Waals surface area contributed by atoms with Crippen LogP contribution in [-0.4, -0.2) is 81.3 Å². The molecule has 0 radical (unpaired) electrons.